The molecule has 0 aliphatic rings. The quantitative estimate of drug-likeness (QED) is 0.520. The van der Waals surface area contributed by atoms with Gasteiger partial charge in [0.1, 0.15) is 29.8 Å². The van der Waals surface area contributed by atoms with Crippen molar-refractivity contribution in [3.63, 3.8) is 0 Å². The molecule has 0 aliphatic carbocycles. The van der Waals surface area contributed by atoms with Crippen LogP contribution in [0.25, 0.3) is 0 Å². The zero-order chi connectivity index (χ0) is 10.7. The Bertz CT molecular complexity index is 282. The van der Waals surface area contributed by atoms with E-state index < -0.39 is 24.9 Å². The lowest BCUT2D eigenvalue weighted by atomic mass is 10.1. The average Bonchev–Trinajstić information content (AvgIpc) is 2.61. The van der Waals surface area contributed by atoms with Crippen LogP contribution in [0.2, 0.25) is 0 Å². The summed E-state index contributed by atoms with van der Waals surface area (Å²) in [5, 5.41) is 36.4. The lowest BCUT2D eigenvalue weighted by Crippen LogP contribution is -2.34. The van der Waals surface area contributed by atoms with Crippen LogP contribution in [0.1, 0.15) is 17.6 Å². The molecule has 0 bridgehead atoms. The summed E-state index contributed by atoms with van der Waals surface area (Å²) in [6, 6.07) is 3.14. The van der Waals surface area contributed by atoms with Gasteiger partial charge in [0, 0.05) is 0 Å². The van der Waals surface area contributed by atoms with Crippen molar-refractivity contribution in [3.8, 4) is 0 Å². The molecule has 0 amide bonds. The minimum Gasteiger partial charge on any atom is -0.464 e. The number of aliphatic hydroxyl groups excluding tert-OH is 4. The molecule has 5 heteroatoms. The van der Waals surface area contributed by atoms with Crippen molar-refractivity contribution in [2.24, 2.45) is 0 Å². The summed E-state index contributed by atoms with van der Waals surface area (Å²) in [5.41, 5.74) is 0. The van der Waals surface area contributed by atoms with Crippen molar-refractivity contribution in [1.82, 2.24) is 0 Å². The maximum absolute atomic E-state index is 9.49. The third kappa shape index (κ3) is 2.33. The maximum atomic E-state index is 9.49. The highest BCUT2D eigenvalue weighted by Gasteiger charge is 2.27. The monoisotopic (exact) mass is 202 g/mol. The van der Waals surface area contributed by atoms with Gasteiger partial charge in [0.15, 0.2) is 0 Å². The number of aryl methyl sites for hydroxylation is 1. The molecule has 80 valence electrons. The molecule has 0 unspecified atom stereocenters. The fraction of sp³-hybridized carbons (Fsp3) is 0.556. The van der Waals surface area contributed by atoms with E-state index >= 15 is 0 Å². The van der Waals surface area contributed by atoms with Crippen LogP contribution < -0.4 is 0 Å². The third-order valence-electron chi connectivity index (χ3n) is 1.96. The third-order valence-corrected chi connectivity index (χ3v) is 1.96. The number of aliphatic hydroxyl groups is 4. The van der Waals surface area contributed by atoms with E-state index in [1.165, 1.54) is 6.07 Å². The summed E-state index contributed by atoms with van der Waals surface area (Å²) in [4.78, 5) is 0. The van der Waals surface area contributed by atoms with Gasteiger partial charge in [0.05, 0.1) is 6.61 Å². The highest BCUT2D eigenvalue weighted by Crippen LogP contribution is 2.21. The van der Waals surface area contributed by atoms with Gasteiger partial charge < -0.3 is 24.8 Å². The van der Waals surface area contributed by atoms with Crippen molar-refractivity contribution < 1.29 is 24.8 Å². The molecule has 0 aromatic carbocycles. The first-order valence-corrected chi connectivity index (χ1v) is 4.27. The van der Waals surface area contributed by atoms with Gasteiger partial charge in [-0.2, -0.15) is 0 Å². The van der Waals surface area contributed by atoms with Crippen LogP contribution in [0.15, 0.2) is 16.5 Å². The van der Waals surface area contributed by atoms with E-state index in [-0.39, 0.29) is 5.76 Å². The van der Waals surface area contributed by atoms with E-state index in [1.807, 2.05) is 0 Å². The largest absolute Gasteiger partial charge is 0.464 e. The maximum Gasteiger partial charge on any atom is 0.140 e. The van der Waals surface area contributed by atoms with Gasteiger partial charge in [0.2, 0.25) is 0 Å². The molecule has 1 aromatic rings. The summed E-state index contributed by atoms with van der Waals surface area (Å²) in [7, 11) is 0. The topological polar surface area (TPSA) is 94.1 Å². The second kappa shape index (κ2) is 4.56. The van der Waals surface area contributed by atoms with Crippen LogP contribution in [-0.2, 0) is 0 Å². The number of hydrogen-bond acceptors (Lipinski definition) is 5. The first kappa shape index (κ1) is 11.2. The molecule has 4 N–H and O–H groups in total. The standard InChI is InChI=1S/C9H14O5/c1-5-2-3-7(14-5)9(13)8(12)6(11)4-10/h2-3,6,8-13H,4H2,1H3/t6-,8-,9-/m1/s1. The first-order valence-electron chi connectivity index (χ1n) is 4.27. The smallest absolute Gasteiger partial charge is 0.140 e. The Labute approximate surface area is 81.2 Å². The van der Waals surface area contributed by atoms with Gasteiger partial charge in [0.25, 0.3) is 0 Å². The zero-order valence-corrected chi connectivity index (χ0v) is 7.79. The fourth-order valence-corrected chi connectivity index (χ4v) is 1.10. The zero-order valence-electron chi connectivity index (χ0n) is 7.79. The molecule has 0 spiro atoms. The van der Waals surface area contributed by atoms with Crippen molar-refractivity contribution in [3.05, 3.63) is 23.7 Å². The average molecular weight is 202 g/mol. The number of hydrogen-bond donors (Lipinski definition) is 4. The van der Waals surface area contributed by atoms with Crippen LogP contribution in [0.4, 0.5) is 0 Å². The van der Waals surface area contributed by atoms with Crippen LogP contribution in [-0.4, -0.2) is 39.2 Å². The Kier molecular flexibility index (Phi) is 3.65. The van der Waals surface area contributed by atoms with Gasteiger partial charge in [-0.1, -0.05) is 0 Å². The SMILES string of the molecule is Cc1ccc([C@@H](O)[C@H](O)[C@H](O)CO)o1. The molecule has 1 rings (SSSR count). The van der Waals surface area contributed by atoms with Crippen LogP contribution in [0.3, 0.4) is 0 Å². The highest BCUT2D eigenvalue weighted by molar-refractivity contribution is 5.09. The van der Waals surface area contributed by atoms with Crippen LogP contribution >= 0.6 is 0 Å². The molecule has 0 radical (unpaired) electrons. The van der Waals surface area contributed by atoms with Gasteiger partial charge in [-0.25, -0.2) is 0 Å². The van der Waals surface area contributed by atoms with Gasteiger partial charge in [-0.15, -0.1) is 0 Å². The molecule has 5 nitrogen and oxygen atoms in total. The molecule has 0 saturated heterocycles. The van der Waals surface area contributed by atoms with Gasteiger partial charge >= 0.3 is 0 Å². The van der Waals surface area contributed by atoms with Crippen LogP contribution in [0.5, 0.6) is 0 Å². The van der Waals surface area contributed by atoms with Gasteiger partial charge in [-0.05, 0) is 19.1 Å². The molecule has 1 heterocycles. The lowest BCUT2D eigenvalue weighted by molar-refractivity contribution is -0.0837. The Morgan fingerprint density at radius 1 is 1.29 bits per heavy atom. The highest BCUT2D eigenvalue weighted by atomic mass is 16.4. The van der Waals surface area contributed by atoms with Crippen LogP contribution in [0, 0.1) is 6.92 Å². The molecule has 0 fully saturated rings. The second-order valence-corrected chi connectivity index (χ2v) is 3.13. The summed E-state index contributed by atoms with van der Waals surface area (Å²) < 4.78 is 5.06. The molecular weight excluding hydrogens is 188 g/mol. The number of rotatable bonds is 4. The Morgan fingerprint density at radius 3 is 2.36 bits per heavy atom. The van der Waals surface area contributed by atoms with E-state index in [0.717, 1.165) is 0 Å². The van der Waals surface area contributed by atoms with Crippen molar-refractivity contribution in [1.29, 1.82) is 0 Å². The van der Waals surface area contributed by atoms with E-state index in [4.69, 9.17) is 14.6 Å². The fourth-order valence-electron chi connectivity index (χ4n) is 1.10. The summed E-state index contributed by atoms with van der Waals surface area (Å²) in [6.07, 6.45) is -4.16. The second-order valence-electron chi connectivity index (χ2n) is 3.13. The molecule has 14 heavy (non-hydrogen) atoms. The lowest BCUT2D eigenvalue weighted by Gasteiger charge is -2.19. The summed E-state index contributed by atoms with van der Waals surface area (Å²) in [5.74, 6) is 0.771. The first-order chi connectivity index (χ1) is 6.56. The Balaban J connectivity index is 2.69. The molecule has 0 aliphatic heterocycles. The van der Waals surface area contributed by atoms with E-state index in [0.29, 0.717) is 5.76 Å². The van der Waals surface area contributed by atoms with Crippen molar-refractivity contribution in [2.75, 3.05) is 6.61 Å². The normalized spacial score (nSPS) is 17.8. The predicted molar refractivity (Wildman–Crippen MR) is 47.5 cm³/mol. The van der Waals surface area contributed by atoms with Gasteiger partial charge in [-0.3, -0.25) is 0 Å². The predicted octanol–water partition coefficient (Wildman–Crippen LogP) is -0.664. The molecule has 3 atom stereocenters. The molecule has 1 aromatic heterocycles. The summed E-state index contributed by atoms with van der Waals surface area (Å²) >= 11 is 0. The van der Waals surface area contributed by atoms with E-state index in [9.17, 15) is 10.2 Å². The van der Waals surface area contributed by atoms with E-state index in [1.54, 1.807) is 13.0 Å². The molecular formula is C9H14O5. The Hall–Kier alpha value is -0.880. The minimum absolute atomic E-state index is 0.169. The van der Waals surface area contributed by atoms with E-state index in [2.05, 4.69) is 0 Å². The number of furan rings is 1. The molecule has 0 saturated carbocycles. The van der Waals surface area contributed by atoms with Crippen molar-refractivity contribution >= 4 is 0 Å². The minimum atomic E-state index is -1.45. The Morgan fingerprint density at radius 2 is 1.93 bits per heavy atom. The summed E-state index contributed by atoms with van der Waals surface area (Å²) in [6.45, 7) is 1.09. The van der Waals surface area contributed by atoms with Crippen molar-refractivity contribution in [2.45, 2.75) is 25.2 Å².